The topological polar surface area (TPSA) is 129 Å². The van der Waals surface area contributed by atoms with Crippen LogP contribution >= 0.6 is 0 Å². The summed E-state index contributed by atoms with van der Waals surface area (Å²) in [5.41, 5.74) is 0. The lowest BCUT2D eigenvalue weighted by Crippen LogP contribution is -2.61. The second-order valence-corrected chi connectivity index (χ2v) is 4.51. The van der Waals surface area contributed by atoms with Crippen molar-refractivity contribution < 1.29 is 43.5 Å². The molecule has 2 N–H and O–H groups in total. The average Bonchev–Trinajstić information content (AvgIpc) is 2.35. The number of ether oxygens (including phenoxy) is 4. The summed E-state index contributed by atoms with van der Waals surface area (Å²) in [6.45, 7) is 3.04. The lowest BCUT2D eigenvalue weighted by Gasteiger charge is -2.41. The van der Waals surface area contributed by atoms with Crippen molar-refractivity contribution in [1.82, 2.24) is 0 Å². The van der Waals surface area contributed by atoms with Crippen molar-refractivity contribution in [3.8, 4) is 0 Å². The van der Waals surface area contributed by atoms with Gasteiger partial charge in [-0.3, -0.25) is 14.4 Å². The van der Waals surface area contributed by atoms with E-state index >= 15 is 0 Å². The number of aliphatic hydroxyl groups excluding tert-OH is 2. The summed E-state index contributed by atoms with van der Waals surface area (Å²) < 4.78 is 19.6. The summed E-state index contributed by atoms with van der Waals surface area (Å²) in [6, 6.07) is 0. The van der Waals surface area contributed by atoms with Gasteiger partial charge >= 0.3 is 17.9 Å². The predicted molar refractivity (Wildman–Crippen MR) is 64.6 cm³/mol. The molecule has 1 aliphatic heterocycles. The second kappa shape index (κ2) is 7.34. The fraction of sp³-hybridized carbons (Fsp3) is 0.750. The highest BCUT2D eigenvalue weighted by Gasteiger charge is 2.49. The molecule has 9 nitrogen and oxygen atoms in total. The Morgan fingerprint density at radius 1 is 0.952 bits per heavy atom. The van der Waals surface area contributed by atoms with Crippen molar-refractivity contribution in [3.05, 3.63) is 0 Å². The number of aliphatic hydroxyl groups is 2. The molecule has 0 spiro atoms. The van der Waals surface area contributed by atoms with Gasteiger partial charge in [-0.05, 0) is 0 Å². The lowest BCUT2D eigenvalue weighted by molar-refractivity contribution is -0.293. The molecule has 5 atom stereocenters. The van der Waals surface area contributed by atoms with Crippen LogP contribution in [-0.2, 0) is 33.3 Å². The molecule has 120 valence electrons. The summed E-state index contributed by atoms with van der Waals surface area (Å²) in [5, 5.41) is 19.4. The van der Waals surface area contributed by atoms with Gasteiger partial charge in [-0.2, -0.15) is 0 Å². The summed E-state index contributed by atoms with van der Waals surface area (Å²) in [6.07, 6.45) is -6.92. The molecule has 9 heteroatoms. The molecule has 0 aromatic rings. The van der Waals surface area contributed by atoms with Crippen LogP contribution < -0.4 is 0 Å². The van der Waals surface area contributed by atoms with Crippen molar-refractivity contribution in [3.63, 3.8) is 0 Å². The molecule has 1 aliphatic rings. The summed E-state index contributed by atoms with van der Waals surface area (Å²) in [4.78, 5) is 33.1. The molecule has 21 heavy (non-hydrogen) atoms. The molecule has 2 unspecified atom stereocenters. The molecule has 0 radical (unpaired) electrons. The standard InChI is InChI=1S/C12H18O9/c1-5(13)18-4-8-10(19-6(2)14)11(20-7(3)15)9(16)12(17)21-8/h8-12,16-17H,4H2,1-3H3/t8?,9?,10-,11+,12+/m1/s1. The van der Waals surface area contributed by atoms with Crippen molar-refractivity contribution in [2.24, 2.45) is 0 Å². The number of carbonyl (C=O) groups excluding carboxylic acids is 3. The summed E-state index contributed by atoms with van der Waals surface area (Å²) in [5.74, 6) is -2.06. The highest BCUT2D eigenvalue weighted by Crippen LogP contribution is 2.25. The van der Waals surface area contributed by atoms with Gasteiger partial charge < -0.3 is 29.2 Å². The third-order valence-electron chi connectivity index (χ3n) is 2.69. The van der Waals surface area contributed by atoms with E-state index in [2.05, 4.69) is 0 Å². The average molecular weight is 306 g/mol. The predicted octanol–water partition coefficient (Wildman–Crippen LogP) is -1.51. The molecule has 0 aliphatic carbocycles. The first kappa shape index (κ1) is 17.3. The highest BCUT2D eigenvalue weighted by molar-refractivity contribution is 5.67. The van der Waals surface area contributed by atoms with E-state index in [1.807, 2.05) is 0 Å². The number of carbonyl (C=O) groups is 3. The third kappa shape index (κ3) is 4.96. The van der Waals surface area contributed by atoms with Crippen molar-refractivity contribution in [2.45, 2.75) is 51.5 Å². The van der Waals surface area contributed by atoms with Gasteiger partial charge in [0.25, 0.3) is 0 Å². The van der Waals surface area contributed by atoms with Crippen LogP contribution in [0.5, 0.6) is 0 Å². The Hall–Kier alpha value is -1.71. The smallest absolute Gasteiger partial charge is 0.303 e. The van der Waals surface area contributed by atoms with Crippen LogP contribution in [0.2, 0.25) is 0 Å². The van der Waals surface area contributed by atoms with Gasteiger partial charge in [0.2, 0.25) is 0 Å². The van der Waals surface area contributed by atoms with Gasteiger partial charge in [0.05, 0.1) is 0 Å². The number of esters is 3. The first-order valence-electron chi connectivity index (χ1n) is 6.21. The van der Waals surface area contributed by atoms with E-state index in [1.165, 1.54) is 6.92 Å². The molecule has 1 fully saturated rings. The SMILES string of the molecule is CC(=O)OCC1O[C@H](O)C(O)[C@H](OC(C)=O)[C@@H]1OC(C)=O. The molecule has 1 saturated heterocycles. The first-order valence-corrected chi connectivity index (χ1v) is 6.21. The van der Waals surface area contributed by atoms with Crippen molar-refractivity contribution >= 4 is 17.9 Å². The Morgan fingerprint density at radius 2 is 1.48 bits per heavy atom. The lowest BCUT2D eigenvalue weighted by atomic mass is 9.98. The van der Waals surface area contributed by atoms with Gasteiger partial charge in [0.1, 0.15) is 18.8 Å². The van der Waals surface area contributed by atoms with E-state index in [0.717, 1.165) is 13.8 Å². The molecule has 1 heterocycles. The van der Waals surface area contributed by atoms with Crippen LogP contribution in [-0.4, -0.2) is 65.4 Å². The minimum absolute atomic E-state index is 0.338. The van der Waals surface area contributed by atoms with E-state index in [9.17, 15) is 24.6 Å². The third-order valence-corrected chi connectivity index (χ3v) is 2.69. The quantitative estimate of drug-likeness (QED) is 0.470. The van der Waals surface area contributed by atoms with Crippen LogP contribution in [0.3, 0.4) is 0 Å². The zero-order chi connectivity index (χ0) is 16.2. The Morgan fingerprint density at radius 3 is 1.95 bits per heavy atom. The van der Waals surface area contributed by atoms with Crippen molar-refractivity contribution in [2.75, 3.05) is 6.61 Å². The fourth-order valence-electron chi connectivity index (χ4n) is 1.90. The molecular formula is C12H18O9. The van der Waals surface area contributed by atoms with E-state index < -0.39 is 48.6 Å². The number of rotatable bonds is 4. The molecule has 0 aromatic carbocycles. The van der Waals surface area contributed by atoms with Crippen LogP contribution in [0.25, 0.3) is 0 Å². The minimum Gasteiger partial charge on any atom is -0.463 e. The van der Waals surface area contributed by atoms with Gasteiger partial charge in [-0.1, -0.05) is 0 Å². The molecule has 0 aromatic heterocycles. The van der Waals surface area contributed by atoms with Crippen LogP contribution in [0.4, 0.5) is 0 Å². The maximum Gasteiger partial charge on any atom is 0.303 e. The fourth-order valence-corrected chi connectivity index (χ4v) is 1.90. The van der Waals surface area contributed by atoms with Gasteiger partial charge in [-0.15, -0.1) is 0 Å². The second-order valence-electron chi connectivity index (χ2n) is 4.51. The maximum atomic E-state index is 11.1. The maximum absolute atomic E-state index is 11.1. The van der Waals surface area contributed by atoms with Crippen LogP contribution in [0.15, 0.2) is 0 Å². The monoisotopic (exact) mass is 306 g/mol. The Labute approximate surface area is 120 Å². The normalized spacial score (nSPS) is 32.1. The molecule has 1 rings (SSSR count). The first-order chi connectivity index (χ1) is 9.72. The largest absolute Gasteiger partial charge is 0.463 e. The highest BCUT2D eigenvalue weighted by atomic mass is 16.7. The van der Waals surface area contributed by atoms with Crippen LogP contribution in [0, 0.1) is 0 Å². The Bertz CT molecular complexity index is 408. The molecule has 0 amide bonds. The van der Waals surface area contributed by atoms with E-state index in [4.69, 9.17) is 18.9 Å². The van der Waals surface area contributed by atoms with Crippen LogP contribution in [0.1, 0.15) is 20.8 Å². The van der Waals surface area contributed by atoms with Gasteiger partial charge in [-0.25, -0.2) is 0 Å². The molecule has 0 bridgehead atoms. The summed E-state index contributed by atoms with van der Waals surface area (Å²) in [7, 11) is 0. The van der Waals surface area contributed by atoms with E-state index in [0.29, 0.717) is 0 Å². The molecule has 0 saturated carbocycles. The minimum atomic E-state index is -1.68. The van der Waals surface area contributed by atoms with Crippen molar-refractivity contribution in [1.29, 1.82) is 0 Å². The summed E-state index contributed by atoms with van der Waals surface area (Å²) >= 11 is 0. The zero-order valence-corrected chi connectivity index (χ0v) is 11.8. The zero-order valence-electron chi connectivity index (χ0n) is 11.8. The Balaban J connectivity index is 2.94. The molecular weight excluding hydrogens is 288 g/mol. The number of hydrogen-bond donors (Lipinski definition) is 2. The Kier molecular flexibility index (Phi) is 6.06. The van der Waals surface area contributed by atoms with Gasteiger partial charge in [0, 0.05) is 20.8 Å². The number of hydrogen-bond acceptors (Lipinski definition) is 9. The van der Waals surface area contributed by atoms with E-state index in [1.54, 1.807) is 0 Å². The van der Waals surface area contributed by atoms with Gasteiger partial charge in [0.15, 0.2) is 18.5 Å². The van der Waals surface area contributed by atoms with E-state index in [-0.39, 0.29) is 6.61 Å².